The topological polar surface area (TPSA) is 83.8 Å². The Labute approximate surface area is 116 Å². The maximum Gasteiger partial charge on any atom is 0.270 e. The lowest BCUT2D eigenvalue weighted by atomic mass is 10.1. The number of aromatic nitrogens is 2. The molecule has 0 spiro atoms. The van der Waals surface area contributed by atoms with E-state index in [1.54, 1.807) is 12.1 Å². The number of benzene rings is 1. The second-order valence-electron chi connectivity index (χ2n) is 5.12. The highest BCUT2D eigenvalue weighted by Gasteiger charge is 2.21. The van der Waals surface area contributed by atoms with Crippen molar-refractivity contribution in [3.8, 4) is 11.3 Å². The molecule has 1 aliphatic carbocycles. The van der Waals surface area contributed by atoms with E-state index in [-0.39, 0.29) is 10.6 Å². The maximum absolute atomic E-state index is 10.8. The van der Waals surface area contributed by atoms with E-state index < -0.39 is 0 Å². The van der Waals surface area contributed by atoms with Crippen molar-refractivity contribution in [3.05, 3.63) is 45.9 Å². The molecule has 20 heavy (non-hydrogen) atoms. The second-order valence-corrected chi connectivity index (χ2v) is 5.12. The van der Waals surface area contributed by atoms with Crippen molar-refractivity contribution in [2.45, 2.75) is 32.4 Å². The molecule has 1 fully saturated rings. The zero-order valence-corrected chi connectivity index (χ0v) is 11.2. The predicted molar refractivity (Wildman–Crippen MR) is 75.3 cm³/mol. The van der Waals surface area contributed by atoms with Crippen LogP contribution in [-0.4, -0.2) is 20.9 Å². The summed E-state index contributed by atoms with van der Waals surface area (Å²) in [7, 11) is 0. The molecule has 0 amide bonds. The summed E-state index contributed by atoms with van der Waals surface area (Å²) >= 11 is 0. The maximum atomic E-state index is 10.8. The molecule has 2 aromatic rings. The molecule has 1 aliphatic rings. The summed E-state index contributed by atoms with van der Waals surface area (Å²) in [4.78, 5) is 18.2. The van der Waals surface area contributed by atoms with Gasteiger partial charge in [0.2, 0.25) is 0 Å². The minimum Gasteiger partial charge on any atom is -0.344 e. The Bertz CT molecular complexity index is 646. The van der Waals surface area contributed by atoms with Crippen LogP contribution in [0.2, 0.25) is 0 Å². The minimum atomic E-state index is -0.388. The third-order valence-electron chi connectivity index (χ3n) is 3.40. The van der Waals surface area contributed by atoms with E-state index in [0.29, 0.717) is 12.6 Å². The normalized spacial score (nSPS) is 14.4. The summed E-state index contributed by atoms with van der Waals surface area (Å²) in [6.45, 7) is 2.64. The van der Waals surface area contributed by atoms with Gasteiger partial charge in [-0.3, -0.25) is 10.1 Å². The number of rotatable bonds is 5. The first kappa shape index (κ1) is 12.8. The Kier molecular flexibility index (Phi) is 3.23. The standard InChI is InChI=1S/C14H16N4O2/c1-9-14(10-3-2-4-12(7-10)18(19)20)17-13(16-9)8-15-11-5-6-11/h2-4,7,11,15H,5-6,8H2,1H3,(H,16,17). The number of nitro groups is 1. The van der Waals surface area contributed by atoms with Crippen LogP contribution in [0.1, 0.15) is 24.4 Å². The Morgan fingerprint density at radius 1 is 1.50 bits per heavy atom. The van der Waals surface area contributed by atoms with Crippen molar-refractivity contribution in [1.82, 2.24) is 15.3 Å². The molecule has 6 heteroatoms. The number of imidazole rings is 1. The van der Waals surface area contributed by atoms with Gasteiger partial charge in [-0.05, 0) is 19.8 Å². The lowest BCUT2D eigenvalue weighted by Crippen LogP contribution is -2.16. The van der Waals surface area contributed by atoms with Crippen molar-refractivity contribution >= 4 is 5.69 Å². The number of nitro benzene ring substituents is 1. The van der Waals surface area contributed by atoms with E-state index in [0.717, 1.165) is 22.8 Å². The number of nitrogens with one attached hydrogen (secondary N) is 2. The zero-order chi connectivity index (χ0) is 14.1. The van der Waals surface area contributed by atoms with E-state index >= 15 is 0 Å². The molecule has 0 unspecified atom stereocenters. The fourth-order valence-electron chi connectivity index (χ4n) is 2.18. The Balaban J connectivity index is 1.84. The number of hydrogen-bond acceptors (Lipinski definition) is 4. The van der Waals surface area contributed by atoms with Gasteiger partial charge in [0, 0.05) is 29.4 Å². The van der Waals surface area contributed by atoms with Crippen molar-refractivity contribution in [1.29, 1.82) is 0 Å². The highest BCUT2D eigenvalue weighted by atomic mass is 16.6. The molecule has 0 radical (unpaired) electrons. The molecule has 0 saturated heterocycles. The monoisotopic (exact) mass is 272 g/mol. The van der Waals surface area contributed by atoms with Crippen LogP contribution in [-0.2, 0) is 6.54 Å². The lowest BCUT2D eigenvalue weighted by Gasteiger charge is -1.99. The molecule has 1 heterocycles. The fraction of sp³-hybridized carbons (Fsp3) is 0.357. The molecule has 104 valence electrons. The van der Waals surface area contributed by atoms with Gasteiger partial charge in [0.1, 0.15) is 5.82 Å². The average molecular weight is 272 g/mol. The summed E-state index contributed by atoms with van der Waals surface area (Å²) in [6, 6.07) is 7.20. The summed E-state index contributed by atoms with van der Waals surface area (Å²) in [5, 5.41) is 14.2. The van der Waals surface area contributed by atoms with Crippen LogP contribution in [0.3, 0.4) is 0 Å². The molecule has 1 aromatic carbocycles. The van der Waals surface area contributed by atoms with Gasteiger partial charge >= 0.3 is 0 Å². The smallest absolute Gasteiger partial charge is 0.270 e. The minimum absolute atomic E-state index is 0.0857. The molecule has 3 rings (SSSR count). The van der Waals surface area contributed by atoms with E-state index in [1.807, 2.05) is 13.0 Å². The SMILES string of the molecule is Cc1[nH]c(CNC2CC2)nc1-c1cccc([N+](=O)[O-])c1. The third-order valence-corrected chi connectivity index (χ3v) is 3.40. The molecule has 2 N–H and O–H groups in total. The van der Waals surface area contributed by atoms with Gasteiger partial charge in [0.05, 0.1) is 17.2 Å². The molecule has 0 atom stereocenters. The van der Waals surface area contributed by atoms with Crippen LogP contribution in [0.25, 0.3) is 11.3 Å². The zero-order valence-electron chi connectivity index (χ0n) is 11.2. The second kappa shape index (κ2) is 5.05. The van der Waals surface area contributed by atoms with Crippen molar-refractivity contribution in [3.63, 3.8) is 0 Å². The third kappa shape index (κ3) is 2.70. The van der Waals surface area contributed by atoms with Crippen LogP contribution < -0.4 is 5.32 Å². The first-order valence-corrected chi connectivity index (χ1v) is 6.67. The van der Waals surface area contributed by atoms with Crippen LogP contribution in [0.4, 0.5) is 5.69 Å². The molecule has 0 aliphatic heterocycles. The van der Waals surface area contributed by atoms with Crippen LogP contribution >= 0.6 is 0 Å². The molecule has 6 nitrogen and oxygen atoms in total. The van der Waals surface area contributed by atoms with Gasteiger partial charge in [-0.1, -0.05) is 12.1 Å². The fourth-order valence-corrected chi connectivity index (χ4v) is 2.18. The number of H-pyrrole nitrogens is 1. The molecule has 1 saturated carbocycles. The van der Waals surface area contributed by atoms with E-state index in [2.05, 4.69) is 15.3 Å². The molecule has 0 bridgehead atoms. The number of aromatic amines is 1. The Morgan fingerprint density at radius 2 is 2.30 bits per heavy atom. The van der Waals surface area contributed by atoms with Crippen molar-refractivity contribution in [2.24, 2.45) is 0 Å². The van der Waals surface area contributed by atoms with Gasteiger partial charge in [0.25, 0.3) is 5.69 Å². The number of hydrogen-bond donors (Lipinski definition) is 2. The van der Waals surface area contributed by atoms with E-state index in [1.165, 1.54) is 18.9 Å². The van der Waals surface area contributed by atoms with Crippen LogP contribution in [0.5, 0.6) is 0 Å². The predicted octanol–water partition coefficient (Wildman–Crippen LogP) is 2.55. The largest absolute Gasteiger partial charge is 0.344 e. The van der Waals surface area contributed by atoms with E-state index in [4.69, 9.17) is 0 Å². The van der Waals surface area contributed by atoms with Gasteiger partial charge in [0.15, 0.2) is 0 Å². The Morgan fingerprint density at radius 3 is 3.00 bits per heavy atom. The summed E-state index contributed by atoms with van der Waals surface area (Å²) in [5.41, 5.74) is 2.56. The highest BCUT2D eigenvalue weighted by molar-refractivity contribution is 5.64. The average Bonchev–Trinajstić information content (AvgIpc) is 3.19. The van der Waals surface area contributed by atoms with Crippen LogP contribution in [0.15, 0.2) is 24.3 Å². The summed E-state index contributed by atoms with van der Waals surface area (Å²) in [5.74, 6) is 0.871. The molecule has 1 aromatic heterocycles. The lowest BCUT2D eigenvalue weighted by molar-refractivity contribution is -0.384. The first-order chi connectivity index (χ1) is 9.63. The molecular weight excluding hydrogens is 256 g/mol. The van der Waals surface area contributed by atoms with Gasteiger partial charge < -0.3 is 10.3 Å². The first-order valence-electron chi connectivity index (χ1n) is 6.67. The van der Waals surface area contributed by atoms with Crippen molar-refractivity contribution in [2.75, 3.05) is 0 Å². The molecular formula is C14H16N4O2. The van der Waals surface area contributed by atoms with Crippen LogP contribution in [0, 0.1) is 17.0 Å². The Hall–Kier alpha value is -2.21. The van der Waals surface area contributed by atoms with Gasteiger partial charge in [-0.25, -0.2) is 4.98 Å². The number of aryl methyl sites for hydroxylation is 1. The van der Waals surface area contributed by atoms with E-state index in [9.17, 15) is 10.1 Å². The van der Waals surface area contributed by atoms with Gasteiger partial charge in [-0.2, -0.15) is 0 Å². The number of non-ortho nitro benzene ring substituents is 1. The van der Waals surface area contributed by atoms with Crippen molar-refractivity contribution < 1.29 is 4.92 Å². The highest BCUT2D eigenvalue weighted by Crippen LogP contribution is 2.25. The summed E-state index contributed by atoms with van der Waals surface area (Å²) in [6.07, 6.45) is 2.47. The van der Waals surface area contributed by atoms with Gasteiger partial charge in [-0.15, -0.1) is 0 Å². The number of nitrogens with zero attached hydrogens (tertiary/aromatic N) is 2. The quantitative estimate of drug-likeness (QED) is 0.647. The summed E-state index contributed by atoms with van der Waals surface area (Å²) < 4.78 is 0.